The van der Waals surface area contributed by atoms with Gasteiger partial charge in [0.25, 0.3) is 0 Å². The van der Waals surface area contributed by atoms with E-state index >= 15 is 0 Å². The number of fused-ring (bicyclic) bond motifs is 1. The highest BCUT2D eigenvalue weighted by atomic mass is 15.3. The Hall–Kier alpha value is -1.81. The largest absolute Gasteiger partial charge is 0.398 e. The van der Waals surface area contributed by atoms with Crippen LogP contribution in [0.15, 0.2) is 36.7 Å². The molecule has 0 bridgehead atoms. The lowest BCUT2D eigenvalue weighted by Crippen LogP contribution is -2.22. The van der Waals surface area contributed by atoms with Crippen molar-refractivity contribution in [2.75, 3.05) is 12.3 Å². The zero-order valence-corrected chi connectivity index (χ0v) is 9.71. The summed E-state index contributed by atoms with van der Waals surface area (Å²) < 4.78 is 1.96. The highest BCUT2D eigenvalue weighted by Gasteiger charge is 2.19. The van der Waals surface area contributed by atoms with E-state index in [-0.39, 0.29) is 0 Å². The van der Waals surface area contributed by atoms with Crippen LogP contribution < -0.4 is 5.73 Å². The van der Waals surface area contributed by atoms with Gasteiger partial charge in [0.15, 0.2) is 0 Å². The SMILES string of the molecule is Nc1cccc2c1CN(CCn1cccn1)C2. The lowest BCUT2D eigenvalue weighted by atomic mass is 10.1. The Morgan fingerprint density at radius 1 is 1.18 bits per heavy atom. The van der Waals surface area contributed by atoms with Gasteiger partial charge in [-0.05, 0) is 23.3 Å². The van der Waals surface area contributed by atoms with Gasteiger partial charge in [-0.25, -0.2) is 0 Å². The fourth-order valence-corrected chi connectivity index (χ4v) is 2.35. The summed E-state index contributed by atoms with van der Waals surface area (Å²) >= 11 is 0. The monoisotopic (exact) mass is 228 g/mol. The minimum atomic E-state index is 0.920. The van der Waals surface area contributed by atoms with Gasteiger partial charge < -0.3 is 5.73 Å². The molecule has 2 heterocycles. The minimum Gasteiger partial charge on any atom is -0.398 e. The molecule has 1 aromatic heterocycles. The fraction of sp³-hybridized carbons (Fsp3) is 0.308. The molecule has 1 aliphatic rings. The zero-order chi connectivity index (χ0) is 11.7. The van der Waals surface area contributed by atoms with Crippen LogP contribution in [0.3, 0.4) is 0 Å². The van der Waals surface area contributed by atoms with Crippen LogP contribution in [-0.4, -0.2) is 21.2 Å². The lowest BCUT2D eigenvalue weighted by molar-refractivity contribution is 0.267. The predicted octanol–water partition coefficient (Wildman–Crippen LogP) is 1.48. The van der Waals surface area contributed by atoms with Gasteiger partial charge in [-0.3, -0.25) is 9.58 Å². The molecule has 0 saturated carbocycles. The van der Waals surface area contributed by atoms with E-state index in [0.717, 1.165) is 31.9 Å². The fourth-order valence-electron chi connectivity index (χ4n) is 2.35. The number of hydrogen-bond acceptors (Lipinski definition) is 3. The van der Waals surface area contributed by atoms with Gasteiger partial charge in [-0.1, -0.05) is 12.1 Å². The summed E-state index contributed by atoms with van der Waals surface area (Å²) in [6.07, 6.45) is 3.81. The molecule has 1 aromatic carbocycles. The van der Waals surface area contributed by atoms with Crippen molar-refractivity contribution in [1.29, 1.82) is 0 Å². The van der Waals surface area contributed by atoms with Gasteiger partial charge in [0.1, 0.15) is 0 Å². The number of benzene rings is 1. The van der Waals surface area contributed by atoms with Gasteiger partial charge in [0, 0.05) is 37.7 Å². The molecule has 88 valence electrons. The van der Waals surface area contributed by atoms with Crippen molar-refractivity contribution < 1.29 is 0 Å². The van der Waals surface area contributed by atoms with Gasteiger partial charge in [0.05, 0.1) is 6.54 Å². The summed E-state index contributed by atoms with van der Waals surface area (Å²) in [5.41, 5.74) is 9.57. The van der Waals surface area contributed by atoms with E-state index in [1.54, 1.807) is 0 Å². The Kier molecular flexibility index (Phi) is 2.57. The number of aromatic nitrogens is 2. The summed E-state index contributed by atoms with van der Waals surface area (Å²) in [6, 6.07) is 8.14. The average Bonchev–Trinajstić information content (AvgIpc) is 2.95. The maximum absolute atomic E-state index is 5.98. The molecule has 0 unspecified atom stereocenters. The summed E-state index contributed by atoms with van der Waals surface area (Å²) in [7, 11) is 0. The second kappa shape index (κ2) is 4.22. The van der Waals surface area contributed by atoms with Gasteiger partial charge >= 0.3 is 0 Å². The molecule has 0 spiro atoms. The van der Waals surface area contributed by atoms with Crippen molar-refractivity contribution in [1.82, 2.24) is 14.7 Å². The maximum atomic E-state index is 5.98. The lowest BCUT2D eigenvalue weighted by Gasteiger charge is -2.14. The van der Waals surface area contributed by atoms with E-state index in [1.165, 1.54) is 11.1 Å². The quantitative estimate of drug-likeness (QED) is 0.809. The van der Waals surface area contributed by atoms with Crippen LogP contribution in [0.25, 0.3) is 0 Å². The van der Waals surface area contributed by atoms with Crippen LogP contribution in [-0.2, 0) is 19.6 Å². The molecule has 0 atom stereocenters. The molecule has 0 radical (unpaired) electrons. The molecule has 4 heteroatoms. The first-order chi connectivity index (χ1) is 8.33. The summed E-state index contributed by atoms with van der Waals surface area (Å²) in [4.78, 5) is 2.41. The van der Waals surface area contributed by atoms with Crippen LogP contribution in [0.5, 0.6) is 0 Å². The van der Waals surface area contributed by atoms with E-state index < -0.39 is 0 Å². The molecule has 2 aromatic rings. The third kappa shape index (κ3) is 2.03. The topological polar surface area (TPSA) is 47.1 Å². The summed E-state index contributed by atoms with van der Waals surface area (Å²) in [5, 5.41) is 4.21. The third-order valence-corrected chi connectivity index (χ3v) is 3.29. The Morgan fingerprint density at radius 3 is 2.88 bits per heavy atom. The van der Waals surface area contributed by atoms with Crippen LogP contribution in [0.2, 0.25) is 0 Å². The molecule has 17 heavy (non-hydrogen) atoms. The highest BCUT2D eigenvalue weighted by molar-refractivity contribution is 5.52. The maximum Gasteiger partial charge on any atom is 0.0536 e. The minimum absolute atomic E-state index is 0.920. The molecule has 3 rings (SSSR count). The second-order valence-electron chi connectivity index (χ2n) is 4.46. The Labute approximate surface area is 101 Å². The number of nitrogens with two attached hydrogens (primary N) is 1. The second-order valence-corrected chi connectivity index (χ2v) is 4.46. The third-order valence-electron chi connectivity index (χ3n) is 3.29. The van der Waals surface area contributed by atoms with Crippen molar-refractivity contribution in [3.63, 3.8) is 0 Å². The predicted molar refractivity (Wildman–Crippen MR) is 67.2 cm³/mol. The van der Waals surface area contributed by atoms with Crippen LogP contribution >= 0.6 is 0 Å². The molecule has 0 amide bonds. The van der Waals surface area contributed by atoms with E-state index in [1.807, 2.05) is 35.3 Å². The molecule has 0 fully saturated rings. The smallest absolute Gasteiger partial charge is 0.0536 e. The van der Waals surface area contributed by atoms with Crippen molar-refractivity contribution in [3.8, 4) is 0 Å². The number of hydrogen-bond donors (Lipinski definition) is 1. The van der Waals surface area contributed by atoms with E-state index in [9.17, 15) is 0 Å². The van der Waals surface area contributed by atoms with Crippen molar-refractivity contribution in [2.45, 2.75) is 19.6 Å². The van der Waals surface area contributed by atoms with Crippen molar-refractivity contribution >= 4 is 5.69 Å². The van der Waals surface area contributed by atoms with Gasteiger partial charge in [0.2, 0.25) is 0 Å². The van der Waals surface area contributed by atoms with Crippen LogP contribution in [0.1, 0.15) is 11.1 Å². The summed E-state index contributed by atoms with van der Waals surface area (Å²) in [5.74, 6) is 0. The highest BCUT2D eigenvalue weighted by Crippen LogP contribution is 2.26. The molecular weight excluding hydrogens is 212 g/mol. The molecule has 0 aliphatic carbocycles. The van der Waals surface area contributed by atoms with E-state index in [2.05, 4.69) is 16.1 Å². The number of rotatable bonds is 3. The Bertz CT molecular complexity index is 504. The first-order valence-electron chi connectivity index (χ1n) is 5.89. The van der Waals surface area contributed by atoms with Crippen molar-refractivity contribution in [2.24, 2.45) is 0 Å². The van der Waals surface area contributed by atoms with Crippen LogP contribution in [0, 0.1) is 0 Å². The summed E-state index contributed by atoms with van der Waals surface area (Å²) in [6.45, 7) is 3.90. The van der Waals surface area contributed by atoms with E-state index in [0.29, 0.717) is 0 Å². The molecule has 2 N–H and O–H groups in total. The first kappa shape index (κ1) is 10.4. The number of nitrogen functional groups attached to an aromatic ring is 1. The first-order valence-corrected chi connectivity index (χ1v) is 5.89. The zero-order valence-electron chi connectivity index (χ0n) is 9.71. The van der Waals surface area contributed by atoms with Crippen LogP contribution in [0.4, 0.5) is 5.69 Å². The van der Waals surface area contributed by atoms with Crippen molar-refractivity contribution in [3.05, 3.63) is 47.8 Å². The van der Waals surface area contributed by atoms with Gasteiger partial charge in [-0.15, -0.1) is 0 Å². The molecule has 1 aliphatic heterocycles. The van der Waals surface area contributed by atoms with Gasteiger partial charge in [-0.2, -0.15) is 5.10 Å². The normalized spacial score (nSPS) is 15.1. The number of anilines is 1. The molecular formula is C13H16N4. The average molecular weight is 228 g/mol. The Balaban J connectivity index is 1.64. The number of nitrogens with zero attached hydrogens (tertiary/aromatic N) is 3. The standard InChI is InChI=1S/C13H16N4/c14-13-4-1-3-11-9-16(10-12(11)13)7-8-17-6-2-5-15-17/h1-6H,7-10,14H2. The van der Waals surface area contributed by atoms with E-state index in [4.69, 9.17) is 5.73 Å². The molecule has 4 nitrogen and oxygen atoms in total. The molecule has 0 saturated heterocycles. The Morgan fingerprint density at radius 2 is 2.12 bits per heavy atom.